The summed E-state index contributed by atoms with van der Waals surface area (Å²) in [5.41, 5.74) is -0.423. The molecular formula is C44H48F3N7O6S. The van der Waals surface area contributed by atoms with Crippen LogP contribution in [-0.4, -0.2) is 86.6 Å². The summed E-state index contributed by atoms with van der Waals surface area (Å²) in [6.07, 6.45) is 2.70. The summed E-state index contributed by atoms with van der Waals surface area (Å²) >= 11 is 1.54. The van der Waals surface area contributed by atoms with Crippen molar-refractivity contribution in [3.63, 3.8) is 0 Å². The topological polar surface area (TPSA) is 174 Å². The molecule has 1 aliphatic carbocycles. The van der Waals surface area contributed by atoms with Crippen molar-refractivity contribution in [2.45, 2.75) is 95.4 Å². The number of nitrogens with zero attached hydrogens (tertiary/aromatic N) is 4. The van der Waals surface area contributed by atoms with Crippen molar-refractivity contribution in [2.75, 3.05) is 36.8 Å². The Balaban J connectivity index is 0.811. The predicted molar refractivity (Wildman–Crippen MR) is 222 cm³/mol. The summed E-state index contributed by atoms with van der Waals surface area (Å²) in [7, 11) is 0. The zero-order chi connectivity index (χ0) is 43.2. The van der Waals surface area contributed by atoms with Gasteiger partial charge in [0.05, 0.1) is 32.0 Å². The second-order valence-corrected chi connectivity index (χ2v) is 18.3. The van der Waals surface area contributed by atoms with Crippen LogP contribution in [0.5, 0.6) is 0 Å². The Morgan fingerprint density at radius 3 is 2.34 bits per heavy atom. The minimum atomic E-state index is -4.69. The number of alkyl halides is 3. The molecule has 0 bridgehead atoms. The smallest absolute Gasteiger partial charge is 0.386 e. The normalized spacial score (nSPS) is 21.8. The number of hydrogen-bond donors (Lipinski definition) is 4. The molecule has 4 N–H and O–H groups in total. The number of likely N-dealkylation sites (tertiary alicyclic amines) is 1. The largest absolute Gasteiger partial charge is 0.433 e. The van der Waals surface area contributed by atoms with Crippen LogP contribution in [0.25, 0.3) is 10.2 Å². The number of piperidine rings is 2. The lowest BCUT2D eigenvalue weighted by Crippen LogP contribution is -2.54. The van der Waals surface area contributed by atoms with Gasteiger partial charge in [0.1, 0.15) is 17.4 Å². The molecule has 8 rings (SSSR count). The van der Waals surface area contributed by atoms with E-state index in [0.29, 0.717) is 35.1 Å². The minimum absolute atomic E-state index is 0.0709. The first-order valence-corrected chi connectivity index (χ1v) is 21.7. The molecule has 4 aromatic rings. The van der Waals surface area contributed by atoms with Crippen molar-refractivity contribution in [1.82, 2.24) is 25.1 Å². The highest BCUT2D eigenvalue weighted by atomic mass is 32.1. The lowest BCUT2D eigenvalue weighted by molar-refractivity contribution is -0.141. The van der Waals surface area contributed by atoms with Crippen LogP contribution < -0.4 is 16.0 Å². The average Bonchev–Trinajstić information content (AvgIpc) is 3.75. The summed E-state index contributed by atoms with van der Waals surface area (Å²) in [5, 5.41) is 20.3. The van der Waals surface area contributed by atoms with Gasteiger partial charge in [-0.15, -0.1) is 11.3 Å². The molecule has 0 radical (unpaired) electrons. The molecule has 3 fully saturated rings. The molecular weight excluding hydrogens is 812 g/mol. The molecule has 61 heavy (non-hydrogen) atoms. The van der Waals surface area contributed by atoms with E-state index in [9.17, 15) is 42.3 Å². The number of thiazole rings is 1. The van der Waals surface area contributed by atoms with E-state index in [4.69, 9.17) is 4.98 Å². The fraction of sp³-hybridized carbons (Fsp3) is 0.477. The molecule has 1 saturated carbocycles. The zero-order valence-corrected chi connectivity index (χ0v) is 34.8. The molecule has 0 spiro atoms. The van der Waals surface area contributed by atoms with Gasteiger partial charge in [-0.25, -0.2) is 9.97 Å². The van der Waals surface area contributed by atoms with Gasteiger partial charge in [-0.05, 0) is 127 Å². The van der Waals surface area contributed by atoms with Crippen molar-refractivity contribution in [3.05, 3.63) is 81.6 Å². The highest BCUT2D eigenvalue weighted by Gasteiger charge is 2.45. The van der Waals surface area contributed by atoms with E-state index in [1.807, 2.05) is 0 Å². The first kappa shape index (κ1) is 42.4. The summed E-state index contributed by atoms with van der Waals surface area (Å²) in [6.45, 7) is 6.88. The maximum Gasteiger partial charge on any atom is 0.433 e. The third-order valence-corrected chi connectivity index (χ3v) is 13.7. The number of carbonyl (C=O) groups is 5. The number of pyridine rings is 1. The van der Waals surface area contributed by atoms with Gasteiger partial charge in [0, 0.05) is 42.4 Å². The van der Waals surface area contributed by atoms with E-state index in [1.165, 1.54) is 17.4 Å². The number of carbonyl (C=O) groups excluding carboxylic acids is 5. The minimum Gasteiger partial charge on any atom is -0.386 e. The average molecular weight is 860 g/mol. The molecule has 2 aromatic carbocycles. The van der Waals surface area contributed by atoms with Gasteiger partial charge in [0.15, 0.2) is 0 Å². The number of imide groups is 2. The third kappa shape index (κ3) is 9.05. The van der Waals surface area contributed by atoms with Gasteiger partial charge in [0.25, 0.3) is 17.7 Å². The van der Waals surface area contributed by atoms with Crippen LogP contribution in [0.1, 0.15) is 125 Å². The number of aliphatic hydroxyl groups is 1. The number of amides is 5. The number of halogens is 3. The van der Waals surface area contributed by atoms with E-state index in [0.717, 1.165) is 91.3 Å². The van der Waals surface area contributed by atoms with Crippen molar-refractivity contribution in [2.24, 2.45) is 11.8 Å². The number of anilines is 2. The summed E-state index contributed by atoms with van der Waals surface area (Å²) in [4.78, 5) is 75.9. The molecule has 3 aliphatic heterocycles. The Labute approximate surface area is 354 Å². The summed E-state index contributed by atoms with van der Waals surface area (Å²) in [5.74, 6) is -1.50. The van der Waals surface area contributed by atoms with E-state index in [2.05, 4.69) is 25.8 Å². The van der Waals surface area contributed by atoms with Gasteiger partial charge in [0.2, 0.25) is 11.8 Å². The fourth-order valence-electron chi connectivity index (χ4n) is 9.17. The van der Waals surface area contributed by atoms with E-state index >= 15 is 0 Å². The lowest BCUT2D eigenvalue weighted by Gasteiger charge is -2.36. The lowest BCUT2D eigenvalue weighted by atomic mass is 9.81. The molecule has 1 unspecified atom stereocenters. The molecule has 13 nitrogen and oxygen atoms in total. The maximum absolute atomic E-state index is 13.4. The van der Waals surface area contributed by atoms with Crippen LogP contribution >= 0.6 is 11.3 Å². The number of rotatable bonds is 11. The van der Waals surface area contributed by atoms with Crippen LogP contribution in [0.15, 0.2) is 48.5 Å². The van der Waals surface area contributed by atoms with Crippen molar-refractivity contribution in [1.29, 1.82) is 0 Å². The Morgan fingerprint density at radius 1 is 0.902 bits per heavy atom. The van der Waals surface area contributed by atoms with Gasteiger partial charge in [-0.3, -0.25) is 34.2 Å². The van der Waals surface area contributed by atoms with Crippen molar-refractivity contribution in [3.8, 4) is 0 Å². The number of benzene rings is 2. The predicted octanol–water partition coefficient (Wildman–Crippen LogP) is 7.08. The Morgan fingerprint density at radius 2 is 1.64 bits per heavy atom. The van der Waals surface area contributed by atoms with E-state index < -0.39 is 53.0 Å². The molecule has 4 aliphatic rings. The highest BCUT2D eigenvalue weighted by molar-refractivity contribution is 7.18. The van der Waals surface area contributed by atoms with Crippen LogP contribution in [0.2, 0.25) is 0 Å². The van der Waals surface area contributed by atoms with Crippen LogP contribution in [0.3, 0.4) is 0 Å². The highest BCUT2D eigenvalue weighted by Crippen LogP contribution is 2.42. The first-order valence-electron chi connectivity index (χ1n) is 20.9. The van der Waals surface area contributed by atoms with Crippen LogP contribution in [0.4, 0.5) is 24.5 Å². The summed E-state index contributed by atoms with van der Waals surface area (Å²) in [6, 6.07) is 10.7. The number of nitrogens with one attached hydrogen (secondary N) is 3. The van der Waals surface area contributed by atoms with Crippen LogP contribution in [0, 0.1) is 11.8 Å². The molecule has 2 aromatic heterocycles. The number of hydrogen-bond acceptors (Lipinski definition) is 11. The van der Waals surface area contributed by atoms with Gasteiger partial charge < -0.3 is 20.6 Å². The Hall–Kier alpha value is -5.26. The second kappa shape index (κ2) is 16.9. The Bertz CT molecular complexity index is 2380. The second-order valence-electron chi connectivity index (χ2n) is 17.2. The SMILES string of the molecule is CC(C)(O)c1cc2nc([C@H]3CC[C@@H](CN4CCC(CCNc5cccc6c5C(=O)N(C5CCC(=O)NC5=O)C6=O)CC4)CC3)sc2cc1NC(=O)c1cccc(C(F)(F)F)n1. The maximum atomic E-state index is 13.4. The fourth-order valence-corrected chi connectivity index (χ4v) is 10.3. The zero-order valence-electron chi connectivity index (χ0n) is 33.9. The molecule has 322 valence electrons. The molecule has 5 heterocycles. The van der Waals surface area contributed by atoms with Crippen molar-refractivity contribution >= 4 is 62.5 Å². The summed E-state index contributed by atoms with van der Waals surface area (Å²) < 4.78 is 40.6. The van der Waals surface area contributed by atoms with Crippen LogP contribution in [-0.2, 0) is 21.4 Å². The quantitative estimate of drug-likeness (QED) is 0.114. The molecule has 2 saturated heterocycles. The Kier molecular flexibility index (Phi) is 11.8. The van der Waals surface area contributed by atoms with Crippen molar-refractivity contribution < 1.29 is 42.3 Å². The van der Waals surface area contributed by atoms with Gasteiger partial charge in [-0.2, -0.15) is 13.2 Å². The van der Waals surface area contributed by atoms with E-state index in [-0.39, 0.29) is 41.3 Å². The van der Waals surface area contributed by atoms with Gasteiger partial charge >= 0.3 is 6.18 Å². The molecule has 17 heteroatoms. The molecule has 5 amide bonds. The monoisotopic (exact) mass is 859 g/mol. The standard InChI is InChI=1S/C44H48F3N7O6S/c1-43(2,60)28-21-32-34(22-31(28)50-38(56)30-7-4-8-35(49-30)44(45,46)47)61-40(51-32)26-11-9-25(10-12-26)23-53-19-16-24(17-20-53)15-18-48-29-6-3-5-27-37(29)42(59)54(41(27)58)33-13-14-36(55)52-39(33)57/h3-8,21-22,24-26,33,48,60H,9-20,23H2,1-2H3,(H,50,56)(H,52,55,57)/t25-,26+,33?. The molecule has 1 atom stereocenters. The number of fused-ring (bicyclic) bond motifs is 2. The number of aromatic nitrogens is 2. The first-order chi connectivity index (χ1) is 29.0. The van der Waals surface area contributed by atoms with E-state index in [1.54, 1.807) is 44.2 Å². The third-order valence-electron chi connectivity index (χ3n) is 12.5. The van der Waals surface area contributed by atoms with Gasteiger partial charge in [-0.1, -0.05) is 12.1 Å².